The van der Waals surface area contributed by atoms with Crippen LogP contribution in [-0.2, 0) is 4.79 Å². The molecule has 1 atom stereocenters. The zero-order valence-corrected chi connectivity index (χ0v) is 15.6. The van der Waals surface area contributed by atoms with Crippen molar-refractivity contribution in [2.24, 2.45) is 0 Å². The van der Waals surface area contributed by atoms with Crippen molar-refractivity contribution < 1.29 is 23.4 Å². The zero-order valence-electron chi connectivity index (χ0n) is 15.6. The second kappa shape index (κ2) is 7.53. The normalized spacial score (nSPS) is 11.9. The Morgan fingerprint density at radius 1 is 1.04 bits per heavy atom. The minimum atomic E-state index is -0.784. The van der Waals surface area contributed by atoms with Gasteiger partial charge in [0, 0.05) is 5.56 Å². The highest BCUT2D eigenvalue weighted by Gasteiger charge is 2.22. The van der Waals surface area contributed by atoms with E-state index in [9.17, 15) is 9.59 Å². The Labute approximate surface area is 156 Å². The molecular formula is C21H20O6. The summed E-state index contributed by atoms with van der Waals surface area (Å²) in [5.41, 5.74) is 0.658. The Hall–Kier alpha value is -3.28. The van der Waals surface area contributed by atoms with Crippen molar-refractivity contribution in [2.45, 2.75) is 20.0 Å². The molecule has 1 aromatic heterocycles. The molecule has 0 spiro atoms. The van der Waals surface area contributed by atoms with Gasteiger partial charge < -0.3 is 18.6 Å². The minimum absolute atomic E-state index is 0.0105. The first kappa shape index (κ1) is 18.5. The van der Waals surface area contributed by atoms with Crippen LogP contribution in [0.1, 0.15) is 13.8 Å². The lowest BCUT2D eigenvalue weighted by atomic mass is 10.1. The summed E-state index contributed by atoms with van der Waals surface area (Å²) in [7, 11) is 3.06. The van der Waals surface area contributed by atoms with Gasteiger partial charge in [0.1, 0.15) is 5.58 Å². The van der Waals surface area contributed by atoms with Crippen LogP contribution in [0.5, 0.6) is 17.2 Å². The van der Waals surface area contributed by atoms with E-state index in [0.29, 0.717) is 28.0 Å². The fourth-order valence-corrected chi connectivity index (χ4v) is 2.66. The second-order valence-electron chi connectivity index (χ2n) is 6.03. The molecule has 6 nitrogen and oxygen atoms in total. The lowest BCUT2D eigenvalue weighted by molar-refractivity contribution is -0.122. The standard InChI is InChI=1S/C21H20O6/c1-12(22)13(2)26-21-19(23)15-7-5-6-8-16(15)27-20(21)14-9-10-17(24-3)18(11-14)25-4/h5-11,13H,1-4H3. The molecule has 3 aromatic rings. The number of benzene rings is 2. The Morgan fingerprint density at radius 2 is 1.74 bits per heavy atom. The predicted molar refractivity (Wildman–Crippen MR) is 102 cm³/mol. The van der Waals surface area contributed by atoms with Gasteiger partial charge in [-0.1, -0.05) is 12.1 Å². The third-order valence-electron chi connectivity index (χ3n) is 4.27. The molecule has 0 amide bonds. The number of ether oxygens (including phenoxy) is 3. The number of hydrogen-bond donors (Lipinski definition) is 0. The molecule has 0 saturated carbocycles. The van der Waals surface area contributed by atoms with Crippen molar-refractivity contribution in [3.63, 3.8) is 0 Å². The molecule has 27 heavy (non-hydrogen) atoms. The quantitative estimate of drug-likeness (QED) is 0.658. The van der Waals surface area contributed by atoms with Crippen LogP contribution in [-0.4, -0.2) is 26.1 Å². The molecule has 1 heterocycles. The van der Waals surface area contributed by atoms with Gasteiger partial charge in [-0.2, -0.15) is 0 Å². The summed E-state index contributed by atoms with van der Waals surface area (Å²) in [6.07, 6.45) is -0.784. The number of rotatable bonds is 6. The number of Topliss-reactive ketones (excluding diaryl/α,β-unsaturated/α-hetero) is 1. The second-order valence-corrected chi connectivity index (χ2v) is 6.03. The number of fused-ring (bicyclic) bond motifs is 1. The zero-order chi connectivity index (χ0) is 19.6. The SMILES string of the molecule is COc1ccc(-c2oc3ccccc3c(=O)c2OC(C)C(C)=O)cc1OC. The average molecular weight is 368 g/mol. The van der Waals surface area contributed by atoms with Crippen LogP contribution < -0.4 is 19.6 Å². The molecular weight excluding hydrogens is 348 g/mol. The molecule has 6 heteroatoms. The number of carbonyl (C=O) groups excluding carboxylic acids is 1. The van der Waals surface area contributed by atoms with E-state index in [1.165, 1.54) is 21.1 Å². The number of para-hydroxylation sites is 1. The molecule has 0 fully saturated rings. The summed E-state index contributed by atoms with van der Waals surface area (Å²) >= 11 is 0. The largest absolute Gasteiger partial charge is 0.493 e. The van der Waals surface area contributed by atoms with E-state index in [2.05, 4.69) is 0 Å². The first-order chi connectivity index (χ1) is 13.0. The molecule has 0 N–H and O–H groups in total. The maximum atomic E-state index is 13.0. The summed E-state index contributed by atoms with van der Waals surface area (Å²) < 4.78 is 22.3. The number of carbonyl (C=O) groups is 1. The minimum Gasteiger partial charge on any atom is -0.493 e. The third kappa shape index (κ3) is 3.51. The van der Waals surface area contributed by atoms with E-state index in [1.807, 2.05) is 0 Å². The Kier molecular flexibility index (Phi) is 5.16. The first-order valence-corrected chi connectivity index (χ1v) is 8.41. The van der Waals surface area contributed by atoms with Gasteiger partial charge in [-0.3, -0.25) is 9.59 Å². The van der Waals surface area contributed by atoms with Gasteiger partial charge in [0.15, 0.2) is 29.1 Å². The van der Waals surface area contributed by atoms with Gasteiger partial charge in [-0.05, 0) is 44.2 Å². The Balaban J connectivity index is 2.27. The van der Waals surface area contributed by atoms with Gasteiger partial charge in [-0.25, -0.2) is 0 Å². The molecule has 0 saturated heterocycles. The summed E-state index contributed by atoms with van der Waals surface area (Å²) in [4.78, 5) is 24.7. The summed E-state index contributed by atoms with van der Waals surface area (Å²) in [6.45, 7) is 3.00. The van der Waals surface area contributed by atoms with Crippen molar-refractivity contribution in [3.8, 4) is 28.6 Å². The van der Waals surface area contributed by atoms with Crippen molar-refractivity contribution in [3.05, 3.63) is 52.7 Å². The number of ketones is 1. The predicted octanol–water partition coefficient (Wildman–Crippen LogP) is 3.83. The van der Waals surface area contributed by atoms with E-state index >= 15 is 0 Å². The smallest absolute Gasteiger partial charge is 0.235 e. The fraction of sp³-hybridized carbons (Fsp3) is 0.238. The molecule has 0 bridgehead atoms. The molecule has 140 valence electrons. The summed E-state index contributed by atoms with van der Waals surface area (Å²) in [6, 6.07) is 12.0. The van der Waals surface area contributed by atoms with Gasteiger partial charge in [0.2, 0.25) is 11.2 Å². The van der Waals surface area contributed by atoms with Gasteiger partial charge >= 0.3 is 0 Å². The van der Waals surface area contributed by atoms with Crippen LogP contribution in [0.2, 0.25) is 0 Å². The van der Waals surface area contributed by atoms with E-state index < -0.39 is 6.10 Å². The van der Waals surface area contributed by atoms with Crippen LogP contribution in [0.4, 0.5) is 0 Å². The molecule has 0 aliphatic rings. The van der Waals surface area contributed by atoms with E-state index in [4.69, 9.17) is 18.6 Å². The van der Waals surface area contributed by atoms with Gasteiger partial charge in [0.05, 0.1) is 19.6 Å². The van der Waals surface area contributed by atoms with Crippen molar-refractivity contribution >= 4 is 16.8 Å². The molecule has 2 aromatic carbocycles. The lowest BCUT2D eigenvalue weighted by Crippen LogP contribution is -2.24. The topological polar surface area (TPSA) is 75.0 Å². The van der Waals surface area contributed by atoms with Crippen LogP contribution >= 0.6 is 0 Å². The van der Waals surface area contributed by atoms with Crippen LogP contribution in [0.25, 0.3) is 22.3 Å². The highest BCUT2D eigenvalue weighted by atomic mass is 16.5. The highest BCUT2D eigenvalue weighted by Crippen LogP contribution is 2.36. The fourth-order valence-electron chi connectivity index (χ4n) is 2.66. The highest BCUT2D eigenvalue weighted by molar-refractivity contribution is 5.84. The summed E-state index contributed by atoms with van der Waals surface area (Å²) in [5.74, 6) is 1.05. The lowest BCUT2D eigenvalue weighted by Gasteiger charge is -2.16. The van der Waals surface area contributed by atoms with E-state index in [-0.39, 0.29) is 22.7 Å². The van der Waals surface area contributed by atoms with Gasteiger partial charge in [-0.15, -0.1) is 0 Å². The van der Waals surface area contributed by atoms with E-state index in [1.54, 1.807) is 49.4 Å². The number of methoxy groups -OCH3 is 2. The Morgan fingerprint density at radius 3 is 2.41 bits per heavy atom. The van der Waals surface area contributed by atoms with Crippen LogP contribution in [0.15, 0.2) is 51.7 Å². The average Bonchev–Trinajstić information content (AvgIpc) is 2.69. The summed E-state index contributed by atoms with van der Waals surface area (Å²) in [5, 5.41) is 0.382. The van der Waals surface area contributed by atoms with Crippen molar-refractivity contribution in [2.75, 3.05) is 14.2 Å². The molecule has 0 aliphatic heterocycles. The van der Waals surface area contributed by atoms with Crippen LogP contribution in [0, 0.1) is 0 Å². The molecule has 1 unspecified atom stereocenters. The molecule has 0 aliphatic carbocycles. The maximum Gasteiger partial charge on any atom is 0.235 e. The first-order valence-electron chi connectivity index (χ1n) is 8.41. The van der Waals surface area contributed by atoms with Crippen LogP contribution in [0.3, 0.4) is 0 Å². The Bertz CT molecular complexity index is 1050. The third-order valence-corrected chi connectivity index (χ3v) is 4.27. The van der Waals surface area contributed by atoms with E-state index in [0.717, 1.165) is 0 Å². The van der Waals surface area contributed by atoms with Crippen molar-refractivity contribution in [1.29, 1.82) is 0 Å². The monoisotopic (exact) mass is 368 g/mol. The van der Waals surface area contributed by atoms with Crippen molar-refractivity contribution in [1.82, 2.24) is 0 Å². The molecule has 0 radical (unpaired) electrons. The van der Waals surface area contributed by atoms with Gasteiger partial charge in [0.25, 0.3) is 0 Å². The number of hydrogen-bond acceptors (Lipinski definition) is 6. The maximum absolute atomic E-state index is 13.0. The molecule has 3 rings (SSSR count).